The molecule has 0 fully saturated rings. The van der Waals surface area contributed by atoms with Crippen molar-refractivity contribution >= 4 is 11.6 Å². The van der Waals surface area contributed by atoms with Crippen molar-refractivity contribution in [3.63, 3.8) is 0 Å². The number of aryl methyl sites for hydroxylation is 1. The molecule has 0 unspecified atom stereocenters. The van der Waals surface area contributed by atoms with Gasteiger partial charge in [0.15, 0.2) is 11.6 Å². The Bertz CT molecular complexity index is 1010. The maximum absolute atomic E-state index is 13.6. The number of benzene rings is 1. The molecule has 0 aliphatic carbocycles. The predicted molar refractivity (Wildman–Crippen MR) is 92.9 cm³/mol. The zero-order chi connectivity index (χ0) is 18.4. The molecular formula is C19H16F2N4O. The third kappa shape index (κ3) is 2.56. The summed E-state index contributed by atoms with van der Waals surface area (Å²) in [6.45, 7) is 4.13. The van der Waals surface area contributed by atoms with Gasteiger partial charge in [-0.25, -0.2) is 8.78 Å². The van der Waals surface area contributed by atoms with Crippen molar-refractivity contribution in [3.05, 3.63) is 65.7 Å². The van der Waals surface area contributed by atoms with Gasteiger partial charge in [0.1, 0.15) is 5.69 Å². The highest BCUT2D eigenvalue weighted by Gasteiger charge is 2.34. The number of amides is 1. The number of nitrogens with zero attached hydrogens (tertiary/aromatic N) is 4. The lowest BCUT2D eigenvalue weighted by Gasteiger charge is -2.32. The van der Waals surface area contributed by atoms with Crippen LogP contribution in [0.2, 0.25) is 0 Å². The summed E-state index contributed by atoms with van der Waals surface area (Å²) in [7, 11) is 0. The van der Waals surface area contributed by atoms with Gasteiger partial charge in [0.25, 0.3) is 5.91 Å². The molecule has 3 aromatic rings. The molecule has 26 heavy (non-hydrogen) atoms. The van der Waals surface area contributed by atoms with Gasteiger partial charge < -0.3 is 4.90 Å². The summed E-state index contributed by atoms with van der Waals surface area (Å²) in [4.78, 5) is 18.8. The van der Waals surface area contributed by atoms with Crippen LogP contribution in [-0.2, 0) is 0 Å². The Morgan fingerprint density at radius 3 is 2.69 bits per heavy atom. The topological polar surface area (TPSA) is 51.0 Å². The van der Waals surface area contributed by atoms with Gasteiger partial charge in [0.2, 0.25) is 0 Å². The van der Waals surface area contributed by atoms with Gasteiger partial charge in [-0.3, -0.25) is 14.5 Å². The van der Waals surface area contributed by atoms with Crippen molar-refractivity contribution in [1.82, 2.24) is 14.8 Å². The van der Waals surface area contributed by atoms with E-state index in [1.54, 1.807) is 17.1 Å². The number of hydrogen-bond acceptors (Lipinski definition) is 3. The maximum Gasteiger partial charge on any atom is 0.277 e. The molecule has 1 aliphatic rings. The Morgan fingerprint density at radius 1 is 1.15 bits per heavy atom. The van der Waals surface area contributed by atoms with E-state index in [4.69, 9.17) is 0 Å². The molecule has 132 valence electrons. The van der Waals surface area contributed by atoms with Crippen LogP contribution in [0.4, 0.5) is 14.5 Å². The standard InChI is InChI=1S/C19H16F2N4O/c1-11-7-13(5-6-22-11)15-9-23-25-12(2)10-24(19(26)18(15)25)14-3-4-16(20)17(21)8-14/h3-9,12H,10H2,1-2H3/t12-/m0/s1. The zero-order valence-corrected chi connectivity index (χ0v) is 14.3. The van der Waals surface area contributed by atoms with E-state index in [1.165, 1.54) is 11.0 Å². The van der Waals surface area contributed by atoms with Crippen molar-refractivity contribution in [2.24, 2.45) is 0 Å². The fourth-order valence-electron chi connectivity index (χ4n) is 3.26. The summed E-state index contributed by atoms with van der Waals surface area (Å²) in [5, 5.41) is 4.37. The molecular weight excluding hydrogens is 338 g/mol. The Labute approximate surface area is 148 Å². The van der Waals surface area contributed by atoms with Gasteiger partial charge in [0.05, 0.1) is 12.2 Å². The molecule has 0 bridgehead atoms. The van der Waals surface area contributed by atoms with E-state index >= 15 is 0 Å². The van der Waals surface area contributed by atoms with Crippen molar-refractivity contribution in [2.45, 2.75) is 19.9 Å². The minimum atomic E-state index is -0.980. The smallest absolute Gasteiger partial charge is 0.277 e. The number of fused-ring (bicyclic) bond motifs is 1. The SMILES string of the molecule is Cc1cc(-c2cnn3c2C(=O)N(c2ccc(F)c(F)c2)C[C@@H]3C)ccn1. The zero-order valence-electron chi connectivity index (χ0n) is 14.3. The second kappa shape index (κ2) is 6.01. The Hall–Kier alpha value is -3.09. The fraction of sp³-hybridized carbons (Fsp3) is 0.211. The van der Waals surface area contributed by atoms with Gasteiger partial charge in [0, 0.05) is 35.8 Å². The number of carbonyl (C=O) groups is 1. The van der Waals surface area contributed by atoms with E-state index < -0.39 is 11.6 Å². The average molecular weight is 354 g/mol. The van der Waals surface area contributed by atoms with Gasteiger partial charge in [-0.15, -0.1) is 0 Å². The van der Waals surface area contributed by atoms with Crippen LogP contribution < -0.4 is 4.90 Å². The number of pyridine rings is 1. The second-order valence-electron chi connectivity index (χ2n) is 6.40. The molecule has 0 N–H and O–H groups in total. The molecule has 7 heteroatoms. The summed E-state index contributed by atoms with van der Waals surface area (Å²) in [5.74, 6) is -2.22. The highest BCUT2D eigenvalue weighted by Crippen LogP contribution is 2.33. The lowest BCUT2D eigenvalue weighted by molar-refractivity contribution is 0.0954. The van der Waals surface area contributed by atoms with E-state index in [0.29, 0.717) is 23.5 Å². The van der Waals surface area contributed by atoms with E-state index in [-0.39, 0.29) is 11.9 Å². The second-order valence-corrected chi connectivity index (χ2v) is 6.40. The predicted octanol–water partition coefficient (Wildman–Crippen LogP) is 3.75. The molecule has 0 radical (unpaired) electrons. The first-order valence-corrected chi connectivity index (χ1v) is 8.23. The van der Waals surface area contributed by atoms with E-state index in [9.17, 15) is 13.6 Å². The Balaban J connectivity index is 1.82. The van der Waals surface area contributed by atoms with Crippen molar-refractivity contribution < 1.29 is 13.6 Å². The molecule has 1 amide bonds. The van der Waals surface area contributed by atoms with E-state index in [1.807, 2.05) is 26.0 Å². The van der Waals surface area contributed by atoms with Crippen LogP contribution >= 0.6 is 0 Å². The summed E-state index contributed by atoms with van der Waals surface area (Å²) < 4.78 is 28.6. The quantitative estimate of drug-likeness (QED) is 0.704. The summed E-state index contributed by atoms with van der Waals surface area (Å²) in [6.07, 6.45) is 3.34. The monoisotopic (exact) mass is 354 g/mol. The van der Waals surface area contributed by atoms with Gasteiger partial charge in [-0.2, -0.15) is 5.10 Å². The number of aromatic nitrogens is 3. The summed E-state index contributed by atoms with van der Waals surface area (Å²) >= 11 is 0. The Morgan fingerprint density at radius 2 is 1.96 bits per heavy atom. The lowest BCUT2D eigenvalue weighted by Crippen LogP contribution is -2.42. The van der Waals surface area contributed by atoms with Crippen molar-refractivity contribution in [1.29, 1.82) is 0 Å². The van der Waals surface area contributed by atoms with Crippen LogP contribution in [0.1, 0.15) is 29.1 Å². The fourth-order valence-corrected chi connectivity index (χ4v) is 3.26. The molecule has 1 atom stereocenters. The van der Waals surface area contributed by atoms with Crippen LogP contribution in [0.3, 0.4) is 0 Å². The van der Waals surface area contributed by atoms with Crippen molar-refractivity contribution in [2.75, 3.05) is 11.4 Å². The molecule has 3 heterocycles. The molecule has 2 aromatic heterocycles. The van der Waals surface area contributed by atoms with Crippen LogP contribution in [0.25, 0.3) is 11.1 Å². The minimum Gasteiger partial charge on any atom is -0.305 e. The third-order valence-electron chi connectivity index (χ3n) is 4.53. The molecule has 1 aliphatic heterocycles. The van der Waals surface area contributed by atoms with E-state index in [0.717, 1.165) is 23.4 Å². The minimum absolute atomic E-state index is 0.104. The van der Waals surface area contributed by atoms with Gasteiger partial charge in [-0.05, 0) is 43.7 Å². The van der Waals surface area contributed by atoms with Crippen LogP contribution in [0, 0.1) is 18.6 Å². The van der Waals surface area contributed by atoms with Crippen molar-refractivity contribution in [3.8, 4) is 11.1 Å². The normalized spacial score (nSPS) is 16.7. The number of halogens is 2. The van der Waals surface area contributed by atoms with Crippen LogP contribution in [0.5, 0.6) is 0 Å². The van der Waals surface area contributed by atoms with Crippen LogP contribution in [-0.4, -0.2) is 27.2 Å². The molecule has 0 saturated heterocycles. The number of carbonyl (C=O) groups excluding carboxylic acids is 1. The van der Waals surface area contributed by atoms with Crippen LogP contribution in [0.15, 0.2) is 42.7 Å². The number of rotatable bonds is 2. The highest BCUT2D eigenvalue weighted by atomic mass is 19.2. The first-order chi connectivity index (χ1) is 12.5. The molecule has 4 rings (SSSR count). The van der Waals surface area contributed by atoms with Gasteiger partial charge >= 0.3 is 0 Å². The highest BCUT2D eigenvalue weighted by molar-refractivity contribution is 6.09. The molecule has 5 nitrogen and oxygen atoms in total. The average Bonchev–Trinajstić information content (AvgIpc) is 3.06. The Kier molecular flexibility index (Phi) is 3.79. The summed E-state index contributed by atoms with van der Waals surface area (Å²) in [5.41, 5.74) is 3.12. The molecule has 1 aromatic carbocycles. The lowest BCUT2D eigenvalue weighted by atomic mass is 10.0. The van der Waals surface area contributed by atoms with E-state index in [2.05, 4.69) is 10.1 Å². The first kappa shape index (κ1) is 16.4. The maximum atomic E-state index is 13.6. The number of hydrogen-bond donors (Lipinski definition) is 0. The third-order valence-corrected chi connectivity index (χ3v) is 4.53. The number of anilines is 1. The first-order valence-electron chi connectivity index (χ1n) is 8.23. The van der Waals surface area contributed by atoms with Gasteiger partial charge in [-0.1, -0.05) is 0 Å². The largest absolute Gasteiger partial charge is 0.305 e. The summed E-state index contributed by atoms with van der Waals surface area (Å²) in [6, 6.07) is 7.08. The molecule has 0 saturated carbocycles. The molecule has 0 spiro atoms.